The molecular formula is C17H13NO2S2. The van der Waals surface area contributed by atoms with Gasteiger partial charge in [0.2, 0.25) is 0 Å². The summed E-state index contributed by atoms with van der Waals surface area (Å²) < 4.78 is 5.75. The molecule has 0 spiro atoms. The van der Waals surface area contributed by atoms with Gasteiger partial charge in [0.1, 0.15) is 5.75 Å². The first-order valence-electron chi connectivity index (χ1n) is 6.66. The molecular weight excluding hydrogens is 314 g/mol. The molecule has 0 saturated carbocycles. The van der Waals surface area contributed by atoms with Crippen LogP contribution in [0.15, 0.2) is 59.5 Å². The average Bonchev–Trinajstić information content (AvgIpc) is 2.82. The van der Waals surface area contributed by atoms with E-state index in [0.717, 1.165) is 17.0 Å². The van der Waals surface area contributed by atoms with Crippen LogP contribution in [-0.4, -0.2) is 17.3 Å². The molecule has 1 heterocycles. The first-order chi connectivity index (χ1) is 10.7. The molecule has 0 bridgehead atoms. The summed E-state index contributed by atoms with van der Waals surface area (Å²) in [5.74, 6) is 0.663. The number of benzene rings is 2. The Morgan fingerprint density at radius 1 is 1.14 bits per heavy atom. The third kappa shape index (κ3) is 2.91. The summed E-state index contributed by atoms with van der Waals surface area (Å²) in [5.41, 5.74) is 1.70. The molecule has 2 aromatic rings. The van der Waals surface area contributed by atoms with Gasteiger partial charge in [-0.2, -0.15) is 0 Å². The van der Waals surface area contributed by atoms with Crippen LogP contribution in [0.2, 0.25) is 0 Å². The molecule has 0 aromatic heterocycles. The normalized spacial score (nSPS) is 16.4. The van der Waals surface area contributed by atoms with Gasteiger partial charge in [-0.1, -0.05) is 54.3 Å². The van der Waals surface area contributed by atoms with Crippen molar-refractivity contribution in [2.24, 2.45) is 0 Å². The van der Waals surface area contributed by atoms with Crippen LogP contribution in [0.4, 0.5) is 5.69 Å². The Morgan fingerprint density at radius 3 is 2.64 bits per heavy atom. The SMILES string of the molecule is COc1cccc(/C=C2\SC(=S)N(c3ccccc3)C2=O)c1. The lowest BCUT2D eigenvalue weighted by Gasteiger charge is -2.13. The van der Waals surface area contributed by atoms with E-state index in [2.05, 4.69) is 0 Å². The zero-order valence-corrected chi connectivity index (χ0v) is 13.5. The Labute approximate surface area is 138 Å². The second kappa shape index (κ2) is 6.34. The molecule has 3 rings (SSSR count). The highest BCUT2D eigenvalue weighted by Crippen LogP contribution is 2.36. The maximum absolute atomic E-state index is 12.6. The summed E-state index contributed by atoms with van der Waals surface area (Å²) in [7, 11) is 1.62. The number of carbonyl (C=O) groups excluding carboxylic acids is 1. The van der Waals surface area contributed by atoms with Crippen molar-refractivity contribution in [2.75, 3.05) is 12.0 Å². The number of para-hydroxylation sites is 1. The minimum atomic E-state index is -0.0935. The molecule has 1 aliphatic rings. The predicted octanol–water partition coefficient (Wildman–Crippen LogP) is 4.10. The van der Waals surface area contributed by atoms with E-state index in [-0.39, 0.29) is 5.91 Å². The lowest BCUT2D eigenvalue weighted by molar-refractivity contribution is -0.113. The largest absolute Gasteiger partial charge is 0.497 e. The number of hydrogen-bond acceptors (Lipinski definition) is 4. The van der Waals surface area contributed by atoms with Gasteiger partial charge in [-0.05, 0) is 35.9 Å². The number of rotatable bonds is 3. The Kier molecular flexibility index (Phi) is 4.27. The minimum absolute atomic E-state index is 0.0935. The number of anilines is 1. The minimum Gasteiger partial charge on any atom is -0.497 e. The van der Waals surface area contributed by atoms with Gasteiger partial charge < -0.3 is 4.74 Å². The summed E-state index contributed by atoms with van der Waals surface area (Å²) in [5, 5.41) is 0. The Morgan fingerprint density at radius 2 is 1.91 bits per heavy atom. The molecule has 0 atom stereocenters. The van der Waals surface area contributed by atoms with Gasteiger partial charge in [-0.3, -0.25) is 9.69 Å². The number of nitrogens with zero attached hydrogens (tertiary/aromatic N) is 1. The monoisotopic (exact) mass is 327 g/mol. The van der Waals surface area contributed by atoms with E-state index in [1.54, 1.807) is 12.0 Å². The maximum atomic E-state index is 12.6. The third-order valence-corrected chi connectivity index (χ3v) is 4.50. The molecule has 0 unspecified atom stereocenters. The smallest absolute Gasteiger partial charge is 0.270 e. The van der Waals surface area contributed by atoms with Crippen molar-refractivity contribution in [3.05, 3.63) is 65.1 Å². The number of methoxy groups -OCH3 is 1. The van der Waals surface area contributed by atoms with Gasteiger partial charge in [-0.15, -0.1) is 0 Å². The van der Waals surface area contributed by atoms with Crippen molar-refractivity contribution < 1.29 is 9.53 Å². The molecule has 0 radical (unpaired) electrons. The van der Waals surface area contributed by atoms with E-state index >= 15 is 0 Å². The molecule has 0 aliphatic carbocycles. The summed E-state index contributed by atoms with van der Waals surface area (Å²) in [6.07, 6.45) is 1.84. The number of thiocarbonyl (C=S) groups is 1. The Balaban J connectivity index is 1.92. The fourth-order valence-corrected chi connectivity index (χ4v) is 3.45. The highest BCUT2D eigenvalue weighted by molar-refractivity contribution is 8.27. The lowest BCUT2D eigenvalue weighted by Crippen LogP contribution is -2.27. The highest BCUT2D eigenvalue weighted by atomic mass is 32.2. The van der Waals surface area contributed by atoms with E-state index in [1.807, 2.05) is 60.7 Å². The fourth-order valence-electron chi connectivity index (χ4n) is 2.15. The van der Waals surface area contributed by atoms with E-state index < -0.39 is 0 Å². The highest BCUT2D eigenvalue weighted by Gasteiger charge is 2.33. The van der Waals surface area contributed by atoms with Crippen LogP contribution >= 0.6 is 24.0 Å². The van der Waals surface area contributed by atoms with E-state index in [1.165, 1.54) is 11.8 Å². The third-order valence-electron chi connectivity index (χ3n) is 3.20. The molecule has 1 saturated heterocycles. The van der Waals surface area contributed by atoms with Crippen LogP contribution in [0, 0.1) is 0 Å². The molecule has 0 N–H and O–H groups in total. The molecule has 5 heteroatoms. The first kappa shape index (κ1) is 14.8. The number of hydrogen-bond donors (Lipinski definition) is 0. The van der Waals surface area contributed by atoms with Crippen molar-refractivity contribution in [3.63, 3.8) is 0 Å². The Hall–Kier alpha value is -2.11. The quantitative estimate of drug-likeness (QED) is 0.627. The predicted molar refractivity (Wildman–Crippen MR) is 95.1 cm³/mol. The number of ether oxygens (including phenoxy) is 1. The summed E-state index contributed by atoms with van der Waals surface area (Å²) in [4.78, 5) is 14.8. The summed E-state index contributed by atoms with van der Waals surface area (Å²) in [6.45, 7) is 0. The molecule has 2 aromatic carbocycles. The molecule has 22 heavy (non-hydrogen) atoms. The number of thioether (sulfide) groups is 1. The Bertz CT molecular complexity index is 756. The standard InChI is InChI=1S/C17H13NO2S2/c1-20-14-9-5-6-12(10-14)11-15-16(19)18(17(21)22-15)13-7-3-2-4-8-13/h2-11H,1H3/b15-11-. The van der Waals surface area contributed by atoms with Gasteiger partial charge in [0, 0.05) is 0 Å². The van der Waals surface area contributed by atoms with Gasteiger partial charge in [-0.25, -0.2) is 0 Å². The van der Waals surface area contributed by atoms with Gasteiger partial charge in [0.05, 0.1) is 17.7 Å². The van der Waals surface area contributed by atoms with Crippen molar-refractivity contribution in [3.8, 4) is 5.75 Å². The average molecular weight is 327 g/mol. The number of carbonyl (C=O) groups is 1. The first-order valence-corrected chi connectivity index (χ1v) is 7.88. The summed E-state index contributed by atoms with van der Waals surface area (Å²) in [6, 6.07) is 17.0. The molecule has 110 valence electrons. The van der Waals surface area contributed by atoms with Crippen molar-refractivity contribution in [2.45, 2.75) is 0 Å². The van der Waals surface area contributed by atoms with Crippen molar-refractivity contribution in [1.29, 1.82) is 0 Å². The van der Waals surface area contributed by atoms with Gasteiger partial charge in [0.25, 0.3) is 5.91 Å². The number of amides is 1. The van der Waals surface area contributed by atoms with Crippen LogP contribution in [0.1, 0.15) is 5.56 Å². The van der Waals surface area contributed by atoms with E-state index in [9.17, 15) is 4.79 Å². The summed E-state index contributed by atoms with van der Waals surface area (Å²) >= 11 is 6.66. The van der Waals surface area contributed by atoms with Crippen LogP contribution in [0.3, 0.4) is 0 Å². The van der Waals surface area contributed by atoms with Crippen molar-refractivity contribution >= 4 is 46.0 Å². The van der Waals surface area contributed by atoms with Crippen LogP contribution < -0.4 is 9.64 Å². The van der Waals surface area contributed by atoms with E-state index in [0.29, 0.717) is 9.23 Å². The van der Waals surface area contributed by atoms with Gasteiger partial charge >= 0.3 is 0 Å². The molecule has 1 fully saturated rings. The molecule has 1 amide bonds. The second-order valence-electron chi connectivity index (χ2n) is 4.63. The zero-order chi connectivity index (χ0) is 15.5. The topological polar surface area (TPSA) is 29.5 Å². The van der Waals surface area contributed by atoms with Gasteiger partial charge in [0.15, 0.2) is 4.32 Å². The van der Waals surface area contributed by atoms with Crippen LogP contribution in [0.5, 0.6) is 5.75 Å². The van der Waals surface area contributed by atoms with Crippen LogP contribution in [-0.2, 0) is 4.79 Å². The zero-order valence-electron chi connectivity index (χ0n) is 11.9. The van der Waals surface area contributed by atoms with Crippen LogP contribution in [0.25, 0.3) is 6.08 Å². The molecule has 1 aliphatic heterocycles. The second-order valence-corrected chi connectivity index (χ2v) is 6.31. The molecule has 3 nitrogen and oxygen atoms in total. The van der Waals surface area contributed by atoms with E-state index in [4.69, 9.17) is 17.0 Å². The van der Waals surface area contributed by atoms with Crippen molar-refractivity contribution in [1.82, 2.24) is 0 Å². The fraction of sp³-hybridized carbons (Fsp3) is 0.0588. The maximum Gasteiger partial charge on any atom is 0.270 e. The lowest BCUT2D eigenvalue weighted by atomic mass is 10.2.